The summed E-state index contributed by atoms with van der Waals surface area (Å²) in [5, 5.41) is 12.6. The minimum absolute atomic E-state index is 1.22. The molecule has 10 rings (SSSR count). The van der Waals surface area contributed by atoms with Crippen molar-refractivity contribution in [2.45, 2.75) is 0 Å². The van der Waals surface area contributed by atoms with E-state index in [2.05, 4.69) is 194 Å². The first-order valence-corrected chi connectivity index (χ1v) is 17.3. The third-order valence-electron chi connectivity index (χ3n) is 10.4. The lowest BCUT2D eigenvalue weighted by molar-refractivity contribution is 1.61. The normalized spacial score (nSPS) is 11.6. The van der Waals surface area contributed by atoms with Crippen LogP contribution in [0.25, 0.3) is 98.4 Å². The van der Waals surface area contributed by atoms with E-state index in [0.29, 0.717) is 0 Å². The maximum atomic E-state index is 2.39. The fourth-order valence-electron chi connectivity index (χ4n) is 8.00. The van der Waals surface area contributed by atoms with Gasteiger partial charge in [-0.15, -0.1) is 0 Å². The predicted molar refractivity (Wildman–Crippen MR) is 216 cm³/mol. The zero-order chi connectivity index (χ0) is 33.0. The second kappa shape index (κ2) is 11.6. The topological polar surface area (TPSA) is 0 Å². The van der Waals surface area contributed by atoms with Crippen molar-refractivity contribution in [3.05, 3.63) is 194 Å². The van der Waals surface area contributed by atoms with E-state index in [1.54, 1.807) is 0 Å². The van der Waals surface area contributed by atoms with Gasteiger partial charge in [0, 0.05) is 0 Å². The zero-order valence-electron chi connectivity index (χ0n) is 27.5. The molecule has 0 fully saturated rings. The molecule has 10 aromatic rings. The molecule has 0 aliphatic carbocycles. The average Bonchev–Trinajstić information content (AvgIpc) is 3.19. The highest BCUT2D eigenvalue weighted by Gasteiger charge is 2.18. The molecule has 0 spiro atoms. The van der Waals surface area contributed by atoms with Gasteiger partial charge in [0.05, 0.1) is 0 Å². The van der Waals surface area contributed by atoms with Crippen molar-refractivity contribution >= 4 is 53.9 Å². The molecule has 0 heterocycles. The fourth-order valence-corrected chi connectivity index (χ4v) is 8.00. The number of benzene rings is 10. The average molecular weight is 633 g/mol. The molecule has 0 aliphatic heterocycles. The minimum Gasteiger partial charge on any atom is -0.0616 e. The molecule has 50 heavy (non-hydrogen) atoms. The molecule has 10 aromatic carbocycles. The highest BCUT2D eigenvalue weighted by molar-refractivity contribution is 6.23. The first-order chi connectivity index (χ1) is 24.8. The number of hydrogen-bond acceptors (Lipinski definition) is 0. The Labute approximate surface area is 291 Å². The molecular weight excluding hydrogens is 601 g/mol. The highest BCUT2D eigenvalue weighted by atomic mass is 14.2. The molecule has 0 amide bonds. The van der Waals surface area contributed by atoms with Crippen molar-refractivity contribution in [3.63, 3.8) is 0 Å². The Kier molecular flexibility index (Phi) is 6.60. The van der Waals surface area contributed by atoms with Crippen LogP contribution in [0.4, 0.5) is 0 Å². The van der Waals surface area contributed by atoms with Gasteiger partial charge in [0.15, 0.2) is 0 Å². The molecule has 0 atom stereocenters. The summed E-state index contributed by atoms with van der Waals surface area (Å²) in [7, 11) is 0. The van der Waals surface area contributed by atoms with Crippen LogP contribution in [0.3, 0.4) is 0 Å². The predicted octanol–water partition coefficient (Wildman–Crippen LogP) is 14.1. The van der Waals surface area contributed by atoms with Gasteiger partial charge >= 0.3 is 0 Å². The first-order valence-electron chi connectivity index (χ1n) is 17.3. The largest absolute Gasteiger partial charge is 0.0616 e. The lowest BCUT2D eigenvalue weighted by Crippen LogP contribution is -1.91. The van der Waals surface area contributed by atoms with Crippen molar-refractivity contribution in [1.29, 1.82) is 0 Å². The maximum Gasteiger partial charge on any atom is -0.00201 e. The van der Waals surface area contributed by atoms with Crippen LogP contribution in [0.2, 0.25) is 0 Å². The Morgan fingerprint density at radius 2 is 0.620 bits per heavy atom. The van der Waals surface area contributed by atoms with E-state index < -0.39 is 0 Å². The van der Waals surface area contributed by atoms with Crippen molar-refractivity contribution in [2.75, 3.05) is 0 Å². The Morgan fingerprint density at radius 3 is 1.28 bits per heavy atom. The second-order valence-electron chi connectivity index (χ2n) is 13.3. The van der Waals surface area contributed by atoms with Gasteiger partial charge in [-0.3, -0.25) is 0 Å². The molecule has 0 saturated heterocycles. The monoisotopic (exact) mass is 632 g/mol. The lowest BCUT2D eigenvalue weighted by Gasteiger charge is -2.19. The maximum absolute atomic E-state index is 2.39. The van der Waals surface area contributed by atoms with E-state index in [9.17, 15) is 0 Å². The molecule has 0 radical (unpaired) electrons. The highest BCUT2D eigenvalue weighted by Crippen LogP contribution is 2.45. The third-order valence-corrected chi connectivity index (χ3v) is 10.4. The second-order valence-corrected chi connectivity index (χ2v) is 13.3. The van der Waals surface area contributed by atoms with E-state index in [0.717, 1.165) is 0 Å². The standard InChI is InChI=1S/C50H32/c1-2-13-36-29-39(26-23-33(36)11-1)37-15-9-16-38(30-37)40-27-24-34-25-28-41(32-42(34)31-40)49-45-18-5-7-20-47(45)50(48-21-8-6-19-46(48)49)44-22-10-14-35-12-3-4-17-43(35)44/h1-32H. The van der Waals surface area contributed by atoms with Gasteiger partial charge in [-0.05, 0) is 123 Å². The number of rotatable bonds is 4. The summed E-state index contributed by atoms with van der Waals surface area (Å²) in [6.07, 6.45) is 0. The molecule has 0 aliphatic rings. The first kappa shape index (κ1) is 28.5. The fraction of sp³-hybridized carbons (Fsp3) is 0. The molecule has 0 heteroatoms. The third kappa shape index (κ3) is 4.69. The van der Waals surface area contributed by atoms with Crippen molar-refractivity contribution in [1.82, 2.24) is 0 Å². The lowest BCUT2D eigenvalue weighted by atomic mass is 9.84. The Bertz CT molecular complexity index is 2860. The van der Waals surface area contributed by atoms with Crippen molar-refractivity contribution in [3.8, 4) is 44.5 Å². The van der Waals surface area contributed by atoms with Gasteiger partial charge in [0.25, 0.3) is 0 Å². The molecule has 0 aromatic heterocycles. The molecule has 232 valence electrons. The van der Waals surface area contributed by atoms with Gasteiger partial charge in [-0.2, -0.15) is 0 Å². The van der Waals surface area contributed by atoms with Crippen LogP contribution in [0.5, 0.6) is 0 Å². The van der Waals surface area contributed by atoms with Gasteiger partial charge in [-0.1, -0.05) is 170 Å². The summed E-state index contributed by atoms with van der Waals surface area (Å²) >= 11 is 0. The number of hydrogen-bond donors (Lipinski definition) is 0. The van der Waals surface area contributed by atoms with Crippen LogP contribution in [-0.2, 0) is 0 Å². The Morgan fingerprint density at radius 1 is 0.200 bits per heavy atom. The molecular formula is C50H32. The molecule has 0 bridgehead atoms. The van der Waals surface area contributed by atoms with Crippen molar-refractivity contribution < 1.29 is 0 Å². The summed E-state index contributed by atoms with van der Waals surface area (Å²) in [4.78, 5) is 0. The van der Waals surface area contributed by atoms with E-state index in [1.807, 2.05) is 0 Å². The molecule has 0 nitrogen and oxygen atoms in total. The van der Waals surface area contributed by atoms with Gasteiger partial charge in [0.1, 0.15) is 0 Å². The van der Waals surface area contributed by atoms with Gasteiger partial charge < -0.3 is 0 Å². The van der Waals surface area contributed by atoms with Crippen LogP contribution in [-0.4, -0.2) is 0 Å². The summed E-state index contributed by atoms with van der Waals surface area (Å²) in [5.41, 5.74) is 9.99. The van der Waals surface area contributed by atoms with E-state index >= 15 is 0 Å². The van der Waals surface area contributed by atoms with Crippen LogP contribution in [0, 0.1) is 0 Å². The Balaban J connectivity index is 1.14. The molecule has 0 unspecified atom stereocenters. The summed E-state index contributed by atoms with van der Waals surface area (Å²) in [5.74, 6) is 0. The quantitative estimate of drug-likeness (QED) is 0.169. The van der Waals surface area contributed by atoms with Crippen LogP contribution in [0.1, 0.15) is 0 Å². The number of fused-ring (bicyclic) bond motifs is 5. The summed E-state index contributed by atoms with van der Waals surface area (Å²) in [6.45, 7) is 0. The minimum atomic E-state index is 1.22. The van der Waals surface area contributed by atoms with Crippen LogP contribution in [0.15, 0.2) is 194 Å². The summed E-state index contributed by atoms with van der Waals surface area (Å²) in [6, 6.07) is 71.4. The summed E-state index contributed by atoms with van der Waals surface area (Å²) < 4.78 is 0. The van der Waals surface area contributed by atoms with Gasteiger partial charge in [-0.25, -0.2) is 0 Å². The van der Waals surface area contributed by atoms with E-state index in [1.165, 1.54) is 98.4 Å². The molecule has 0 saturated carbocycles. The smallest absolute Gasteiger partial charge is 0.00201 e. The van der Waals surface area contributed by atoms with E-state index in [4.69, 9.17) is 0 Å². The molecule has 0 N–H and O–H groups in total. The van der Waals surface area contributed by atoms with Gasteiger partial charge in [0.2, 0.25) is 0 Å². The van der Waals surface area contributed by atoms with Crippen LogP contribution < -0.4 is 0 Å². The van der Waals surface area contributed by atoms with Crippen molar-refractivity contribution in [2.24, 2.45) is 0 Å². The van der Waals surface area contributed by atoms with E-state index in [-0.39, 0.29) is 0 Å². The van der Waals surface area contributed by atoms with Crippen LogP contribution >= 0.6 is 0 Å². The Hall–Kier alpha value is -6.50. The zero-order valence-corrected chi connectivity index (χ0v) is 27.5. The SMILES string of the molecule is c1cc(-c2ccc3ccccc3c2)cc(-c2ccc3ccc(-c4c5ccccc5c(-c5cccc6ccccc56)c5ccccc45)cc3c2)c1.